The van der Waals surface area contributed by atoms with Crippen LogP contribution in [0.4, 0.5) is 0 Å². The van der Waals surface area contributed by atoms with Crippen molar-refractivity contribution in [1.29, 1.82) is 0 Å². The minimum atomic E-state index is -3.75. The van der Waals surface area contributed by atoms with Gasteiger partial charge < -0.3 is 4.90 Å². The standard InChI is InChI=1S/C19H21ClN2O3S/c1-14-8-9-16(12-17(14)19(23)22-10-4-5-11-22)26(24,25)21-13-15-6-2-3-7-18(15)20/h2-3,6-9,12,21H,4-5,10-11,13H2,1H3. The number of sulfonamides is 1. The number of rotatable bonds is 5. The zero-order valence-corrected chi connectivity index (χ0v) is 16.1. The Labute approximate surface area is 159 Å². The van der Waals surface area contributed by atoms with Crippen molar-refractivity contribution in [3.63, 3.8) is 0 Å². The summed E-state index contributed by atoms with van der Waals surface area (Å²) < 4.78 is 27.8. The summed E-state index contributed by atoms with van der Waals surface area (Å²) in [5, 5.41) is 0.504. The molecule has 1 heterocycles. The topological polar surface area (TPSA) is 66.5 Å². The molecule has 2 aromatic rings. The van der Waals surface area contributed by atoms with Gasteiger partial charge in [0, 0.05) is 30.2 Å². The van der Waals surface area contributed by atoms with Gasteiger partial charge in [0.25, 0.3) is 5.91 Å². The van der Waals surface area contributed by atoms with Crippen LogP contribution < -0.4 is 4.72 Å². The van der Waals surface area contributed by atoms with Gasteiger partial charge >= 0.3 is 0 Å². The highest BCUT2D eigenvalue weighted by molar-refractivity contribution is 7.89. The van der Waals surface area contributed by atoms with Gasteiger partial charge in [0.05, 0.1) is 4.90 Å². The molecule has 0 aliphatic carbocycles. The first-order valence-electron chi connectivity index (χ1n) is 8.51. The van der Waals surface area contributed by atoms with Crippen LogP contribution in [-0.2, 0) is 16.6 Å². The zero-order chi connectivity index (χ0) is 18.7. The van der Waals surface area contributed by atoms with Gasteiger partial charge in [0.15, 0.2) is 0 Å². The molecule has 2 aromatic carbocycles. The van der Waals surface area contributed by atoms with E-state index < -0.39 is 10.0 Å². The van der Waals surface area contributed by atoms with E-state index in [2.05, 4.69) is 4.72 Å². The molecule has 0 saturated carbocycles. The van der Waals surface area contributed by atoms with Crippen molar-refractivity contribution in [3.8, 4) is 0 Å². The second-order valence-electron chi connectivity index (χ2n) is 6.39. The van der Waals surface area contributed by atoms with Gasteiger partial charge in [-0.2, -0.15) is 0 Å². The molecule has 0 aromatic heterocycles. The molecular weight excluding hydrogens is 372 g/mol. The first-order chi connectivity index (χ1) is 12.4. The van der Waals surface area contributed by atoms with Gasteiger partial charge in [-0.05, 0) is 49.1 Å². The summed E-state index contributed by atoms with van der Waals surface area (Å²) in [6, 6.07) is 11.7. The molecule has 0 bridgehead atoms. The highest BCUT2D eigenvalue weighted by atomic mass is 35.5. The van der Waals surface area contributed by atoms with Crippen molar-refractivity contribution in [3.05, 3.63) is 64.2 Å². The minimum absolute atomic E-state index is 0.0812. The van der Waals surface area contributed by atoms with Crippen LogP contribution in [0.2, 0.25) is 5.02 Å². The van der Waals surface area contributed by atoms with Crippen LogP contribution in [0.15, 0.2) is 47.4 Å². The van der Waals surface area contributed by atoms with E-state index >= 15 is 0 Å². The van der Waals surface area contributed by atoms with Crippen LogP contribution in [0.1, 0.15) is 34.3 Å². The Morgan fingerprint density at radius 3 is 2.54 bits per heavy atom. The third-order valence-electron chi connectivity index (χ3n) is 4.55. The number of aryl methyl sites for hydroxylation is 1. The van der Waals surface area contributed by atoms with E-state index in [4.69, 9.17) is 11.6 Å². The molecule has 5 nitrogen and oxygen atoms in total. The molecule has 1 aliphatic rings. The molecule has 0 radical (unpaired) electrons. The molecule has 1 aliphatic heterocycles. The average Bonchev–Trinajstić information content (AvgIpc) is 3.15. The van der Waals surface area contributed by atoms with E-state index in [1.54, 1.807) is 35.2 Å². The van der Waals surface area contributed by atoms with Gasteiger partial charge in [0.2, 0.25) is 10.0 Å². The summed E-state index contributed by atoms with van der Waals surface area (Å²) in [6.07, 6.45) is 1.98. The number of hydrogen-bond donors (Lipinski definition) is 1. The fourth-order valence-electron chi connectivity index (χ4n) is 2.99. The van der Waals surface area contributed by atoms with E-state index in [1.165, 1.54) is 12.1 Å². The maximum atomic E-state index is 12.7. The van der Waals surface area contributed by atoms with Crippen molar-refractivity contribution >= 4 is 27.5 Å². The molecule has 1 N–H and O–H groups in total. The molecule has 138 valence electrons. The van der Waals surface area contributed by atoms with E-state index in [9.17, 15) is 13.2 Å². The molecule has 3 rings (SSSR count). The summed E-state index contributed by atoms with van der Waals surface area (Å²) in [4.78, 5) is 14.5. The van der Waals surface area contributed by atoms with Gasteiger partial charge in [-0.15, -0.1) is 0 Å². The summed E-state index contributed by atoms with van der Waals surface area (Å²) in [6.45, 7) is 3.35. The lowest BCUT2D eigenvalue weighted by atomic mass is 10.1. The normalized spacial score (nSPS) is 14.6. The third-order valence-corrected chi connectivity index (χ3v) is 6.32. The number of likely N-dealkylation sites (tertiary alicyclic amines) is 1. The van der Waals surface area contributed by atoms with Crippen molar-refractivity contribution < 1.29 is 13.2 Å². The molecule has 0 spiro atoms. The highest BCUT2D eigenvalue weighted by Gasteiger charge is 2.23. The van der Waals surface area contributed by atoms with Crippen LogP contribution in [0, 0.1) is 6.92 Å². The van der Waals surface area contributed by atoms with Crippen LogP contribution in [0.3, 0.4) is 0 Å². The molecule has 1 saturated heterocycles. The predicted octanol–water partition coefficient (Wildman–Crippen LogP) is 3.36. The van der Waals surface area contributed by atoms with E-state index in [0.29, 0.717) is 16.1 Å². The first-order valence-corrected chi connectivity index (χ1v) is 10.4. The van der Waals surface area contributed by atoms with Crippen molar-refractivity contribution in [1.82, 2.24) is 9.62 Å². The Morgan fingerprint density at radius 2 is 1.85 bits per heavy atom. The zero-order valence-electron chi connectivity index (χ0n) is 14.5. The summed E-state index contributed by atoms with van der Waals surface area (Å²) >= 11 is 6.07. The first kappa shape index (κ1) is 18.9. The SMILES string of the molecule is Cc1ccc(S(=O)(=O)NCc2ccccc2Cl)cc1C(=O)N1CCCC1. The van der Waals surface area contributed by atoms with E-state index in [1.807, 2.05) is 6.92 Å². The number of carbonyl (C=O) groups is 1. The fraction of sp³-hybridized carbons (Fsp3) is 0.316. The predicted molar refractivity (Wildman–Crippen MR) is 102 cm³/mol. The average molecular weight is 393 g/mol. The summed E-state index contributed by atoms with van der Waals surface area (Å²) in [5.74, 6) is -0.108. The lowest BCUT2D eigenvalue weighted by Gasteiger charge is -2.17. The third kappa shape index (κ3) is 4.09. The Hall–Kier alpha value is -1.89. The van der Waals surface area contributed by atoms with E-state index in [-0.39, 0.29) is 17.3 Å². The molecule has 26 heavy (non-hydrogen) atoms. The van der Waals surface area contributed by atoms with E-state index in [0.717, 1.165) is 31.5 Å². The Morgan fingerprint density at radius 1 is 1.15 bits per heavy atom. The second kappa shape index (κ2) is 7.78. The van der Waals surface area contributed by atoms with Crippen molar-refractivity contribution in [2.24, 2.45) is 0 Å². The number of amides is 1. The Balaban J connectivity index is 1.82. The fourth-order valence-corrected chi connectivity index (χ4v) is 4.22. The maximum Gasteiger partial charge on any atom is 0.254 e. The van der Waals surface area contributed by atoms with Crippen LogP contribution >= 0.6 is 11.6 Å². The van der Waals surface area contributed by atoms with Crippen LogP contribution in [0.5, 0.6) is 0 Å². The van der Waals surface area contributed by atoms with Gasteiger partial charge in [-0.25, -0.2) is 13.1 Å². The smallest absolute Gasteiger partial charge is 0.254 e. The summed E-state index contributed by atoms with van der Waals surface area (Å²) in [5.41, 5.74) is 1.90. The lowest BCUT2D eigenvalue weighted by Crippen LogP contribution is -2.29. The van der Waals surface area contributed by atoms with Gasteiger partial charge in [-0.3, -0.25) is 4.79 Å². The molecular formula is C19H21ClN2O3S. The highest BCUT2D eigenvalue weighted by Crippen LogP contribution is 2.21. The molecule has 1 fully saturated rings. The van der Waals surface area contributed by atoms with Crippen molar-refractivity contribution in [2.75, 3.05) is 13.1 Å². The summed E-state index contributed by atoms with van der Waals surface area (Å²) in [7, 11) is -3.75. The minimum Gasteiger partial charge on any atom is -0.339 e. The number of nitrogens with zero attached hydrogens (tertiary/aromatic N) is 1. The van der Waals surface area contributed by atoms with Gasteiger partial charge in [-0.1, -0.05) is 35.9 Å². The molecule has 0 atom stereocenters. The maximum absolute atomic E-state index is 12.7. The van der Waals surface area contributed by atoms with Crippen LogP contribution in [0.25, 0.3) is 0 Å². The number of hydrogen-bond acceptors (Lipinski definition) is 3. The molecule has 1 amide bonds. The van der Waals surface area contributed by atoms with Crippen LogP contribution in [-0.4, -0.2) is 32.3 Å². The largest absolute Gasteiger partial charge is 0.339 e. The quantitative estimate of drug-likeness (QED) is 0.848. The molecule has 7 heteroatoms. The number of benzene rings is 2. The second-order valence-corrected chi connectivity index (χ2v) is 8.57. The lowest BCUT2D eigenvalue weighted by molar-refractivity contribution is 0.0792. The number of halogens is 1. The number of nitrogens with one attached hydrogen (secondary N) is 1. The van der Waals surface area contributed by atoms with Gasteiger partial charge in [0.1, 0.15) is 0 Å². The van der Waals surface area contributed by atoms with Crippen molar-refractivity contribution in [2.45, 2.75) is 31.2 Å². The monoisotopic (exact) mass is 392 g/mol. The molecule has 0 unspecified atom stereocenters. The Kier molecular flexibility index (Phi) is 5.65. The number of carbonyl (C=O) groups excluding carboxylic acids is 1. The Bertz CT molecular complexity index is 922.